The van der Waals surface area contributed by atoms with Gasteiger partial charge in [0.1, 0.15) is 5.75 Å². The SMILES string of the molecule is CCNC(=NCc1cccc(C(=O)NC)c1)NCc1ccc(C)cc1OCCCOC.I. The summed E-state index contributed by atoms with van der Waals surface area (Å²) in [6.07, 6.45) is 0.844. The molecule has 0 saturated carbocycles. The Hall–Kier alpha value is -2.33. The first kappa shape index (κ1) is 27.7. The van der Waals surface area contributed by atoms with E-state index in [0.717, 1.165) is 35.4 Å². The Kier molecular flexibility index (Phi) is 13.4. The van der Waals surface area contributed by atoms with Crippen molar-refractivity contribution in [3.05, 3.63) is 64.7 Å². The number of halogens is 1. The highest BCUT2D eigenvalue weighted by molar-refractivity contribution is 14.0. The van der Waals surface area contributed by atoms with Crippen LogP contribution in [0, 0.1) is 6.92 Å². The molecule has 0 aliphatic carbocycles. The molecular formula is C24H35IN4O3. The number of rotatable bonds is 11. The number of amides is 1. The Labute approximate surface area is 208 Å². The second-order valence-electron chi connectivity index (χ2n) is 7.13. The van der Waals surface area contributed by atoms with Crippen LogP contribution in [-0.4, -0.2) is 45.8 Å². The molecule has 0 bridgehead atoms. The third-order valence-corrected chi connectivity index (χ3v) is 4.60. The normalized spacial score (nSPS) is 10.8. The molecule has 0 unspecified atom stereocenters. The Morgan fingerprint density at radius 3 is 2.62 bits per heavy atom. The predicted octanol–water partition coefficient (Wildman–Crippen LogP) is 3.64. The van der Waals surface area contributed by atoms with E-state index >= 15 is 0 Å². The number of hydrogen-bond acceptors (Lipinski definition) is 4. The van der Waals surface area contributed by atoms with Crippen LogP contribution < -0.4 is 20.7 Å². The maximum Gasteiger partial charge on any atom is 0.251 e. The maximum atomic E-state index is 11.8. The molecule has 2 aromatic carbocycles. The zero-order chi connectivity index (χ0) is 22.5. The van der Waals surface area contributed by atoms with Crippen LogP contribution in [0.1, 0.15) is 40.4 Å². The Balaban J connectivity index is 0.00000512. The number of carbonyl (C=O) groups is 1. The molecule has 0 atom stereocenters. The Morgan fingerprint density at radius 1 is 1.09 bits per heavy atom. The van der Waals surface area contributed by atoms with Gasteiger partial charge < -0.3 is 25.4 Å². The van der Waals surface area contributed by atoms with E-state index in [-0.39, 0.29) is 29.9 Å². The zero-order valence-corrected chi connectivity index (χ0v) is 21.7. The highest BCUT2D eigenvalue weighted by Gasteiger charge is 2.07. The average molecular weight is 554 g/mol. The molecule has 0 spiro atoms. The van der Waals surface area contributed by atoms with Crippen molar-refractivity contribution in [3.8, 4) is 5.75 Å². The lowest BCUT2D eigenvalue weighted by molar-refractivity contribution is 0.0963. The number of benzene rings is 2. The first-order valence-electron chi connectivity index (χ1n) is 10.6. The van der Waals surface area contributed by atoms with Crippen LogP contribution in [0.3, 0.4) is 0 Å². The van der Waals surface area contributed by atoms with Gasteiger partial charge in [-0.3, -0.25) is 4.79 Å². The van der Waals surface area contributed by atoms with Crippen LogP contribution in [0.5, 0.6) is 5.75 Å². The van der Waals surface area contributed by atoms with Crippen LogP contribution >= 0.6 is 24.0 Å². The summed E-state index contributed by atoms with van der Waals surface area (Å²) in [6, 6.07) is 13.7. The van der Waals surface area contributed by atoms with Gasteiger partial charge in [0, 0.05) is 51.4 Å². The fourth-order valence-electron chi connectivity index (χ4n) is 2.97. The summed E-state index contributed by atoms with van der Waals surface area (Å²) < 4.78 is 11.1. The molecule has 2 rings (SSSR count). The summed E-state index contributed by atoms with van der Waals surface area (Å²) in [6.45, 7) is 7.17. The van der Waals surface area contributed by atoms with Gasteiger partial charge in [-0.25, -0.2) is 4.99 Å². The van der Waals surface area contributed by atoms with Gasteiger partial charge in [-0.2, -0.15) is 0 Å². The minimum atomic E-state index is -0.103. The molecule has 0 radical (unpaired) electrons. The van der Waals surface area contributed by atoms with Gasteiger partial charge in [0.15, 0.2) is 5.96 Å². The van der Waals surface area contributed by atoms with Crippen molar-refractivity contribution in [2.75, 3.05) is 33.9 Å². The minimum absolute atomic E-state index is 0. The van der Waals surface area contributed by atoms with Gasteiger partial charge in [-0.05, 0) is 43.2 Å². The quantitative estimate of drug-likeness (QED) is 0.171. The van der Waals surface area contributed by atoms with Gasteiger partial charge in [-0.15, -0.1) is 24.0 Å². The Morgan fingerprint density at radius 2 is 1.91 bits per heavy atom. The molecule has 176 valence electrons. The molecule has 0 aliphatic rings. The van der Waals surface area contributed by atoms with Crippen LogP contribution in [0.25, 0.3) is 0 Å². The van der Waals surface area contributed by atoms with Crippen molar-refractivity contribution < 1.29 is 14.3 Å². The van der Waals surface area contributed by atoms with Crippen molar-refractivity contribution >= 4 is 35.8 Å². The van der Waals surface area contributed by atoms with Gasteiger partial charge in [0.2, 0.25) is 0 Å². The highest BCUT2D eigenvalue weighted by Crippen LogP contribution is 2.20. The van der Waals surface area contributed by atoms with Crippen molar-refractivity contribution in [2.24, 2.45) is 4.99 Å². The van der Waals surface area contributed by atoms with E-state index in [2.05, 4.69) is 46.1 Å². The summed E-state index contributed by atoms with van der Waals surface area (Å²) in [5.74, 6) is 1.48. The fraction of sp³-hybridized carbons (Fsp3) is 0.417. The smallest absolute Gasteiger partial charge is 0.251 e. The lowest BCUT2D eigenvalue weighted by Gasteiger charge is -2.15. The summed E-state index contributed by atoms with van der Waals surface area (Å²) >= 11 is 0. The molecule has 32 heavy (non-hydrogen) atoms. The predicted molar refractivity (Wildman–Crippen MR) is 140 cm³/mol. The largest absolute Gasteiger partial charge is 0.493 e. The maximum absolute atomic E-state index is 11.8. The highest BCUT2D eigenvalue weighted by atomic mass is 127. The van der Waals surface area contributed by atoms with Crippen LogP contribution in [0.4, 0.5) is 0 Å². The number of aliphatic imine (C=N–C) groups is 1. The molecule has 0 aliphatic heterocycles. The molecule has 0 saturated heterocycles. The van der Waals surface area contributed by atoms with Gasteiger partial charge in [0.25, 0.3) is 5.91 Å². The van der Waals surface area contributed by atoms with Crippen molar-refractivity contribution in [1.82, 2.24) is 16.0 Å². The number of guanidine groups is 1. The Bertz CT molecular complexity index is 874. The second-order valence-corrected chi connectivity index (χ2v) is 7.13. The minimum Gasteiger partial charge on any atom is -0.493 e. The summed E-state index contributed by atoms with van der Waals surface area (Å²) in [5, 5.41) is 9.28. The van der Waals surface area contributed by atoms with E-state index in [0.29, 0.717) is 37.8 Å². The first-order valence-corrected chi connectivity index (χ1v) is 10.6. The number of methoxy groups -OCH3 is 1. The summed E-state index contributed by atoms with van der Waals surface area (Å²) in [7, 11) is 3.32. The van der Waals surface area contributed by atoms with Gasteiger partial charge in [-0.1, -0.05) is 24.3 Å². The lowest BCUT2D eigenvalue weighted by Crippen LogP contribution is -2.36. The van der Waals surface area contributed by atoms with Crippen molar-refractivity contribution in [2.45, 2.75) is 33.4 Å². The molecule has 0 fully saturated rings. The number of nitrogens with zero attached hydrogens (tertiary/aromatic N) is 1. The van der Waals surface area contributed by atoms with Crippen LogP contribution in [0.15, 0.2) is 47.5 Å². The van der Waals surface area contributed by atoms with E-state index in [4.69, 9.17) is 9.47 Å². The second kappa shape index (κ2) is 15.5. The fourth-order valence-corrected chi connectivity index (χ4v) is 2.97. The van der Waals surface area contributed by atoms with E-state index < -0.39 is 0 Å². The standard InChI is InChI=1S/C24H34N4O3.HI/c1-5-26-24(27-16-19-8-6-9-20(15-19)23(29)25-3)28-17-21-11-10-18(2)14-22(21)31-13-7-12-30-4;/h6,8-11,14-15H,5,7,12-13,16-17H2,1-4H3,(H,25,29)(H2,26,27,28);1H. The molecule has 0 aromatic heterocycles. The summed E-state index contributed by atoms with van der Waals surface area (Å²) in [5.41, 5.74) is 3.82. The molecule has 2 aromatic rings. The third-order valence-electron chi connectivity index (χ3n) is 4.60. The van der Waals surface area contributed by atoms with Crippen LogP contribution in [-0.2, 0) is 17.8 Å². The number of hydrogen-bond donors (Lipinski definition) is 3. The molecular weight excluding hydrogens is 519 g/mol. The average Bonchev–Trinajstić information content (AvgIpc) is 2.79. The molecule has 7 nitrogen and oxygen atoms in total. The zero-order valence-electron chi connectivity index (χ0n) is 19.4. The monoisotopic (exact) mass is 554 g/mol. The topological polar surface area (TPSA) is 84.0 Å². The molecule has 1 amide bonds. The third kappa shape index (κ3) is 9.44. The van der Waals surface area contributed by atoms with Gasteiger partial charge in [0.05, 0.1) is 13.2 Å². The van der Waals surface area contributed by atoms with E-state index in [1.165, 1.54) is 0 Å². The van der Waals surface area contributed by atoms with Crippen molar-refractivity contribution in [1.29, 1.82) is 0 Å². The van der Waals surface area contributed by atoms with Crippen LogP contribution in [0.2, 0.25) is 0 Å². The van der Waals surface area contributed by atoms with E-state index in [9.17, 15) is 4.79 Å². The molecule has 3 N–H and O–H groups in total. The van der Waals surface area contributed by atoms with Crippen molar-refractivity contribution in [3.63, 3.8) is 0 Å². The number of carbonyl (C=O) groups excluding carboxylic acids is 1. The van der Waals surface area contributed by atoms with E-state index in [1.54, 1.807) is 20.2 Å². The number of aryl methyl sites for hydroxylation is 1. The first-order chi connectivity index (χ1) is 15.1. The van der Waals surface area contributed by atoms with E-state index in [1.807, 2.05) is 25.1 Å². The number of nitrogens with one attached hydrogen (secondary N) is 3. The molecule has 0 heterocycles. The summed E-state index contributed by atoms with van der Waals surface area (Å²) in [4.78, 5) is 16.5. The number of ether oxygens (including phenoxy) is 2. The van der Waals surface area contributed by atoms with Gasteiger partial charge >= 0.3 is 0 Å². The molecule has 8 heteroatoms. The lowest BCUT2D eigenvalue weighted by atomic mass is 10.1.